The second-order valence-corrected chi connectivity index (χ2v) is 8.91. The van der Waals surface area contributed by atoms with Gasteiger partial charge in [0, 0.05) is 12.7 Å². The summed E-state index contributed by atoms with van der Waals surface area (Å²) < 4.78 is 23.3. The smallest absolute Gasteiger partial charge is 0.326 e. The van der Waals surface area contributed by atoms with Crippen molar-refractivity contribution < 1.29 is 28.2 Å². The molecule has 0 unspecified atom stereocenters. The maximum atomic E-state index is 12.5. The summed E-state index contributed by atoms with van der Waals surface area (Å²) in [6.45, 7) is -0.324. The Morgan fingerprint density at radius 1 is 1.11 bits per heavy atom. The van der Waals surface area contributed by atoms with Gasteiger partial charge >= 0.3 is 5.97 Å². The molecule has 2 rings (SSSR count). The summed E-state index contributed by atoms with van der Waals surface area (Å²) in [5.41, 5.74) is 0.707. The molecule has 0 saturated heterocycles. The van der Waals surface area contributed by atoms with E-state index in [1.54, 1.807) is 6.07 Å². The number of aliphatic hydroxyl groups is 1. The van der Waals surface area contributed by atoms with Crippen LogP contribution in [0.1, 0.15) is 21.5 Å². The minimum Gasteiger partial charge on any atom is -0.480 e. The molecule has 150 valence electrons. The third kappa shape index (κ3) is 5.45. The zero-order valence-electron chi connectivity index (χ0n) is 14.6. The van der Waals surface area contributed by atoms with E-state index in [1.165, 1.54) is 30.3 Å². The number of nitrogens with one attached hydrogen (secondary N) is 1. The molecule has 0 fully saturated rings. The molecule has 28 heavy (non-hydrogen) atoms. The van der Waals surface area contributed by atoms with Crippen LogP contribution in [0.4, 0.5) is 0 Å². The summed E-state index contributed by atoms with van der Waals surface area (Å²) in [5, 5.41) is 20.9. The maximum Gasteiger partial charge on any atom is 0.326 e. The van der Waals surface area contributed by atoms with Crippen molar-refractivity contribution in [2.24, 2.45) is 0 Å². The highest BCUT2D eigenvalue weighted by Crippen LogP contribution is 2.27. The highest BCUT2D eigenvalue weighted by molar-refractivity contribution is 7.90. The number of carbonyl (C=O) groups is 2. The van der Waals surface area contributed by atoms with E-state index in [4.69, 9.17) is 28.3 Å². The van der Waals surface area contributed by atoms with Crippen molar-refractivity contribution in [1.82, 2.24) is 5.32 Å². The van der Waals surface area contributed by atoms with E-state index in [-0.39, 0.29) is 33.5 Å². The molecule has 1 amide bonds. The molecule has 0 spiro atoms. The number of rotatable bonds is 7. The van der Waals surface area contributed by atoms with E-state index >= 15 is 0 Å². The second kappa shape index (κ2) is 8.91. The zero-order chi connectivity index (χ0) is 21.1. The van der Waals surface area contributed by atoms with Crippen molar-refractivity contribution in [3.63, 3.8) is 0 Å². The molecule has 0 aliphatic rings. The highest BCUT2D eigenvalue weighted by atomic mass is 35.5. The molecule has 0 bridgehead atoms. The molecular weight excluding hydrogens is 429 g/mol. The van der Waals surface area contributed by atoms with E-state index in [0.717, 1.165) is 6.26 Å². The lowest BCUT2D eigenvalue weighted by Crippen LogP contribution is -2.42. The van der Waals surface area contributed by atoms with Crippen LogP contribution in [0.5, 0.6) is 0 Å². The fourth-order valence-electron chi connectivity index (χ4n) is 2.50. The number of benzene rings is 2. The van der Waals surface area contributed by atoms with Gasteiger partial charge in [0.15, 0.2) is 9.84 Å². The number of aliphatic hydroxyl groups excluding tert-OH is 1. The van der Waals surface area contributed by atoms with E-state index in [9.17, 15) is 23.1 Å². The van der Waals surface area contributed by atoms with Crippen molar-refractivity contribution in [2.45, 2.75) is 24.0 Å². The Morgan fingerprint density at radius 2 is 1.71 bits per heavy atom. The van der Waals surface area contributed by atoms with Crippen LogP contribution in [0.25, 0.3) is 0 Å². The molecule has 0 aliphatic heterocycles. The van der Waals surface area contributed by atoms with Gasteiger partial charge in [0.25, 0.3) is 5.91 Å². The summed E-state index contributed by atoms with van der Waals surface area (Å²) in [6, 6.07) is 7.18. The second-order valence-electron chi connectivity index (χ2n) is 6.08. The van der Waals surface area contributed by atoms with E-state index in [1.807, 2.05) is 0 Å². The lowest BCUT2D eigenvalue weighted by molar-refractivity contribution is -0.139. The Hall–Kier alpha value is -2.13. The molecule has 0 heterocycles. The van der Waals surface area contributed by atoms with Gasteiger partial charge < -0.3 is 15.5 Å². The van der Waals surface area contributed by atoms with Gasteiger partial charge in [-0.2, -0.15) is 0 Å². The maximum absolute atomic E-state index is 12.5. The minimum absolute atomic E-state index is 0.0303. The average molecular weight is 446 g/mol. The number of carboxylic acids is 1. The van der Waals surface area contributed by atoms with Crippen molar-refractivity contribution in [1.29, 1.82) is 0 Å². The van der Waals surface area contributed by atoms with E-state index in [2.05, 4.69) is 5.32 Å². The van der Waals surface area contributed by atoms with Crippen molar-refractivity contribution in [3.8, 4) is 0 Å². The van der Waals surface area contributed by atoms with E-state index < -0.39 is 27.8 Å². The summed E-state index contributed by atoms with van der Waals surface area (Å²) in [7, 11) is -3.46. The van der Waals surface area contributed by atoms with Crippen LogP contribution in [0, 0.1) is 0 Å². The number of hydrogen-bond donors (Lipinski definition) is 3. The molecule has 0 radical (unpaired) electrons. The van der Waals surface area contributed by atoms with Gasteiger partial charge in [0.05, 0.1) is 27.1 Å². The fraction of sp³-hybridized carbons (Fsp3) is 0.222. The van der Waals surface area contributed by atoms with Gasteiger partial charge in [0.1, 0.15) is 6.04 Å². The number of halogens is 2. The van der Waals surface area contributed by atoms with Crippen molar-refractivity contribution in [3.05, 3.63) is 63.1 Å². The Labute approximate surface area is 171 Å². The van der Waals surface area contributed by atoms with E-state index in [0.29, 0.717) is 11.1 Å². The summed E-state index contributed by atoms with van der Waals surface area (Å²) in [5.74, 6) is -2.11. The number of carboxylic acid groups (broad SMARTS) is 1. The summed E-state index contributed by atoms with van der Waals surface area (Å²) >= 11 is 12.1. The van der Waals surface area contributed by atoms with Crippen LogP contribution in [0.3, 0.4) is 0 Å². The van der Waals surface area contributed by atoms with Crippen LogP contribution < -0.4 is 5.32 Å². The highest BCUT2D eigenvalue weighted by Gasteiger charge is 2.24. The van der Waals surface area contributed by atoms with Crippen LogP contribution in [0.2, 0.25) is 10.0 Å². The third-order valence-electron chi connectivity index (χ3n) is 3.88. The Morgan fingerprint density at radius 3 is 2.21 bits per heavy atom. The van der Waals surface area contributed by atoms with Gasteiger partial charge in [-0.1, -0.05) is 35.3 Å². The van der Waals surface area contributed by atoms with Gasteiger partial charge in [-0.15, -0.1) is 0 Å². The normalized spacial score (nSPS) is 12.4. The molecule has 0 aliphatic carbocycles. The number of sulfone groups is 1. The number of amides is 1. The monoisotopic (exact) mass is 445 g/mol. The topological polar surface area (TPSA) is 121 Å². The van der Waals surface area contributed by atoms with Gasteiger partial charge in [-0.05, 0) is 35.4 Å². The molecule has 2 aromatic rings. The molecule has 3 N–H and O–H groups in total. The predicted molar refractivity (Wildman–Crippen MR) is 105 cm³/mol. The molecule has 1 atom stereocenters. The lowest BCUT2D eigenvalue weighted by Gasteiger charge is -2.16. The lowest BCUT2D eigenvalue weighted by atomic mass is 10.0. The first-order valence-electron chi connectivity index (χ1n) is 7.94. The van der Waals surface area contributed by atoms with Crippen LogP contribution in [-0.2, 0) is 27.7 Å². The van der Waals surface area contributed by atoms with Gasteiger partial charge in [0.2, 0.25) is 0 Å². The predicted octanol–water partition coefficient (Wildman–Crippen LogP) is 2.31. The van der Waals surface area contributed by atoms with Crippen LogP contribution >= 0.6 is 23.2 Å². The van der Waals surface area contributed by atoms with Crippen molar-refractivity contribution >= 4 is 44.9 Å². The molecule has 10 heteroatoms. The van der Waals surface area contributed by atoms with Crippen LogP contribution in [0.15, 0.2) is 41.3 Å². The minimum atomic E-state index is -3.46. The number of hydrogen-bond acceptors (Lipinski definition) is 5. The first-order chi connectivity index (χ1) is 13.0. The standard InChI is InChI=1S/C18H17Cl2NO6S/c1-28(26,27)12-4-2-3-10(5-12)8-15(18(24)25)21-17(23)16-13(19)6-11(9-22)7-14(16)20/h2-7,15,22H,8-9H2,1H3,(H,21,23)(H,24,25)/t15-/m0/s1. The van der Waals surface area contributed by atoms with Crippen LogP contribution in [-0.4, -0.2) is 42.8 Å². The Bertz CT molecular complexity index is 999. The first-order valence-corrected chi connectivity index (χ1v) is 10.6. The largest absolute Gasteiger partial charge is 0.480 e. The zero-order valence-corrected chi connectivity index (χ0v) is 17.0. The first kappa shape index (κ1) is 22.2. The summed E-state index contributed by atoms with van der Waals surface area (Å²) in [4.78, 5) is 24.2. The third-order valence-corrected chi connectivity index (χ3v) is 5.59. The SMILES string of the molecule is CS(=O)(=O)c1cccc(C[C@H](NC(=O)c2c(Cl)cc(CO)cc2Cl)C(=O)O)c1. The quantitative estimate of drug-likeness (QED) is 0.601. The molecule has 7 nitrogen and oxygen atoms in total. The van der Waals surface area contributed by atoms with Gasteiger partial charge in [-0.25, -0.2) is 13.2 Å². The Kier molecular flexibility index (Phi) is 7.06. The number of aliphatic carboxylic acids is 1. The average Bonchev–Trinajstić information content (AvgIpc) is 2.59. The summed E-state index contributed by atoms with van der Waals surface area (Å²) in [6.07, 6.45) is 0.900. The molecule has 2 aromatic carbocycles. The fourth-order valence-corrected chi connectivity index (χ4v) is 3.90. The molecule has 0 aromatic heterocycles. The molecular formula is C18H17Cl2NO6S. The van der Waals surface area contributed by atoms with Crippen molar-refractivity contribution in [2.75, 3.05) is 6.26 Å². The molecule has 0 saturated carbocycles. The number of carbonyl (C=O) groups excluding carboxylic acids is 1. The Balaban J connectivity index is 2.27. The van der Waals surface area contributed by atoms with Gasteiger partial charge in [-0.3, -0.25) is 4.79 Å².